The largest absolute Gasteiger partial charge is 0.465 e. The molecule has 2 aromatic rings. The van der Waals surface area contributed by atoms with Crippen LogP contribution in [0.2, 0.25) is 0 Å². The molecule has 0 unspecified atom stereocenters. The van der Waals surface area contributed by atoms with Gasteiger partial charge in [-0.05, 0) is 52.9 Å². The number of carbonyl (C=O) groups excluding carboxylic acids is 2. The van der Waals surface area contributed by atoms with E-state index < -0.39 is 17.7 Å². The van der Waals surface area contributed by atoms with E-state index in [2.05, 4.69) is 10.1 Å². The summed E-state index contributed by atoms with van der Waals surface area (Å²) in [5.41, 5.74) is 0.528. The summed E-state index contributed by atoms with van der Waals surface area (Å²) in [7, 11) is 1.23. The molecule has 4 nitrogen and oxygen atoms in total. The number of esters is 1. The first-order valence-corrected chi connectivity index (χ1v) is 7.04. The van der Waals surface area contributed by atoms with Crippen molar-refractivity contribution >= 4 is 40.2 Å². The fourth-order valence-electron chi connectivity index (χ4n) is 1.70. The van der Waals surface area contributed by atoms with Gasteiger partial charge < -0.3 is 10.1 Å². The molecule has 108 valence electrons. The first-order chi connectivity index (χ1) is 10.0. The number of amides is 1. The molecule has 1 N–H and O–H groups in total. The Morgan fingerprint density at radius 2 is 1.90 bits per heavy atom. The fourth-order valence-corrected chi connectivity index (χ4v) is 2.33. The lowest BCUT2D eigenvalue weighted by Gasteiger charge is -2.09. The molecule has 0 aliphatic heterocycles. The number of halogens is 2. The number of anilines is 1. The summed E-state index contributed by atoms with van der Waals surface area (Å²) in [4.78, 5) is 23.6. The Balaban J connectivity index is 2.29. The average Bonchev–Trinajstić information content (AvgIpc) is 2.49. The summed E-state index contributed by atoms with van der Waals surface area (Å²) in [6.45, 7) is 0. The van der Waals surface area contributed by atoms with Crippen molar-refractivity contribution in [2.45, 2.75) is 0 Å². The molecular formula is C15H11FINO3. The van der Waals surface area contributed by atoms with E-state index in [4.69, 9.17) is 0 Å². The number of rotatable bonds is 3. The van der Waals surface area contributed by atoms with E-state index in [1.54, 1.807) is 24.3 Å². The lowest BCUT2D eigenvalue weighted by atomic mass is 10.1. The lowest BCUT2D eigenvalue weighted by Crippen LogP contribution is -2.15. The maximum atomic E-state index is 13.7. The molecule has 2 rings (SSSR count). The number of hydrogen-bond acceptors (Lipinski definition) is 3. The van der Waals surface area contributed by atoms with Crippen molar-refractivity contribution in [1.82, 2.24) is 0 Å². The van der Waals surface area contributed by atoms with E-state index in [0.717, 1.165) is 9.64 Å². The first-order valence-electron chi connectivity index (χ1n) is 5.96. The Bertz CT molecular complexity index is 703. The highest BCUT2D eigenvalue weighted by Crippen LogP contribution is 2.19. The summed E-state index contributed by atoms with van der Waals surface area (Å²) in [5.74, 6) is -1.66. The Labute approximate surface area is 134 Å². The van der Waals surface area contributed by atoms with Gasteiger partial charge in [0, 0.05) is 3.57 Å². The molecule has 0 aliphatic rings. The second-order valence-electron chi connectivity index (χ2n) is 4.12. The van der Waals surface area contributed by atoms with Gasteiger partial charge in [-0.3, -0.25) is 4.79 Å². The number of carbonyl (C=O) groups is 2. The van der Waals surface area contributed by atoms with Gasteiger partial charge in [0.25, 0.3) is 5.91 Å². The maximum absolute atomic E-state index is 13.7. The van der Waals surface area contributed by atoms with Gasteiger partial charge in [-0.1, -0.05) is 12.1 Å². The van der Waals surface area contributed by atoms with E-state index in [1.807, 2.05) is 22.6 Å². The summed E-state index contributed by atoms with van der Waals surface area (Å²) in [6, 6.07) is 10.6. The molecule has 21 heavy (non-hydrogen) atoms. The minimum atomic E-state index is -0.623. The van der Waals surface area contributed by atoms with Crippen molar-refractivity contribution < 1.29 is 18.7 Å². The summed E-state index contributed by atoms with van der Waals surface area (Å²) in [5, 5.41) is 2.46. The fraction of sp³-hybridized carbons (Fsp3) is 0.0667. The Morgan fingerprint density at radius 1 is 1.19 bits per heavy atom. The van der Waals surface area contributed by atoms with E-state index in [1.165, 1.54) is 19.2 Å². The number of ether oxygens (including phenoxy) is 1. The van der Waals surface area contributed by atoms with Crippen LogP contribution >= 0.6 is 22.6 Å². The van der Waals surface area contributed by atoms with Crippen LogP contribution in [0.1, 0.15) is 20.7 Å². The molecule has 0 saturated carbocycles. The van der Waals surface area contributed by atoms with Crippen LogP contribution in [-0.2, 0) is 4.74 Å². The quantitative estimate of drug-likeness (QED) is 0.636. The molecule has 0 radical (unpaired) electrons. The van der Waals surface area contributed by atoms with Crippen LogP contribution in [0.25, 0.3) is 0 Å². The second-order valence-corrected chi connectivity index (χ2v) is 5.28. The summed E-state index contributed by atoms with van der Waals surface area (Å²) >= 11 is 2.02. The van der Waals surface area contributed by atoms with Crippen molar-refractivity contribution in [1.29, 1.82) is 0 Å². The smallest absolute Gasteiger partial charge is 0.337 e. The van der Waals surface area contributed by atoms with Crippen LogP contribution in [0, 0.1) is 9.39 Å². The zero-order valence-corrected chi connectivity index (χ0v) is 13.2. The molecule has 0 bridgehead atoms. The van der Waals surface area contributed by atoms with Crippen molar-refractivity contribution in [2.24, 2.45) is 0 Å². The molecule has 0 atom stereocenters. The highest BCUT2D eigenvalue weighted by atomic mass is 127. The minimum Gasteiger partial charge on any atom is -0.465 e. The number of nitrogens with one attached hydrogen (secondary N) is 1. The van der Waals surface area contributed by atoms with Gasteiger partial charge in [-0.15, -0.1) is 0 Å². The monoisotopic (exact) mass is 399 g/mol. The van der Waals surface area contributed by atoms with Gasteiger partial charge in [-0.25, -0.2) is 9.18 Å². The molecule has 6 heteroatoms. The van der Waals surface area contributed by atoms with Gasteiger partial charge in [0.1, 0.15) is 5.82 Å². The lowest BCUT2D eigenvalue weighted by molar-refractivity contribution is 0.0600. The van der Waals surface area contributed by atoms with E-state index in [0.29, 0.717) is 5.56 Å². The molecule has 2 aromatic carbocycles. The molecular weight excluding hydrogens is 388 g/mol. The number of benzene rings is 2. The predicted molar refractivity (Wildman–Crippen MR) is 84.9 cm³/mol. The molecule has 0 saturated heterocycles. The van der Waals surface area contributed by atoms with Crippen molar-refractivity contribution in [3.8, 4) is 0 Å². The van der Waals surface area contributed by atoms with Crippen molar-refractivity contribution in [3.05, 3.63) is 63.0 Å². The SMILES string of the molecule is COC(=O)c1ccc(F)c(NC(=O)c2ccccc2I)c1. The topological polar surface area (TPSA) is 55.4 Å². The third-order valence-corrected chi connectivity index (χ3v) is 3.69. The predicted octanol–water partition coefficient (Wildman–Crippen LogP) is 3.47. The summed E-state index contributed by atoms with van der Waals surface area (Å²) < 4.78 is 19.1. The second kappa shape index (κ2) is 6.66. The highest BCUT2D eigenvalue weighted by Gasteiger charge is 2.14. The van der Waals surface area contributed by atoms with Crippen LogP contribution in [0.5, 0.6) is 0 Å². The molecule has 0 heterocycles. The Morgan fingerprint density at radius 3 is 2.57 bits per heavy atom. The van der Waals surface area contributed by atoms with Crippen LogP contribution in [0.15, 0.2) is 42.5 Å². The van der Waals surface area contributed by atoms with E-state index in [9.17, 15) is 14.0 Å². The standard InChI is InChI=1S/C15H11FINO3/c1-21-15(20)9-6-7-11(16)13(8-9)18-14(19)10-4-2-3-5-12(10)17/h2-8H,1H3,(H,18,19). The van der Waals surface area contributed by atoms with Crippen LogP contribution in [-0.4, -0.2) is 19.0 Å². The zero-order valence-electron chi connectivity index (χ0n) is 11.0. The van der Waals surface area contributed by atoms with Gasteiger partial charge in [0.05, 0.1) is 23.9 Å². The molecule has 0 aromatic heterocycles. The van der Waals surface area contributed by atoms with Crippen LogP contribution in [0.4, 0.5) is 10.1 Å². The van der Waals surface area contributed by atoms with Gasteiger partial charge >= 0.3 is 5.97 Å². The third-order valence-electron chi connectivity index (χ3n) is 2.75. The van der Waals surface area contributed by atoms with Gasteiger partial charge in [-0.2, -0.15) is 0 Å². The van der Waals surface area contributed by atoms with Gasteiger partial charge in [0.15, 0.2) is 0 Å². The highest BCUT2D eigenvalue weighted by molar-refractivity contribution is 14.1. The molecule has 0 spiro atoms. The normalized spacial score (nSPS) is 10.0. The van der Waals surface area contributed by atoms with Crippen molar-refractivity contribution in [3.63, 3.8) is 0 Å². The number of methoxy groups -OCH3 is 1. The van der Waals surface area contributed by atoms with E-state index in [-0.39, 0.29) is 11.3 Å². The van der Waals surface area contributed by atoms with Crippen molar-refractivity contribution in [2.75, 3.05) is 12.4 Å². The number of hydrogen-bond donors (Lipinski definition) is 1. The van der Waals surface area contributed by atoms with E-state index >= 15 is 0 Å². The Kier molecular flexibility index (Phi) is 4.89. The van der Waals surface area contributed by atoms with Crippen LogP contribution < -0.4 is 5.32 Å². The van der Waals surface area contributed by atoms with Crippen LogP contribution in [0.3, 0.4) is 0 Å². The first kappa shape index (κ1) is 15.4. The summed E-state index contributed by atoms with van der Waals surface area (Å²) in [6.07, 6.45) is 0. The van der Waals surface area contributed by atoms with Gasteiger partial charge in [0.2, 0.25) is 0 Å². The molecule has 0 aliphatic carbocycles. The average molecular weight is 399 g/mol. The molecule has 1 amide bonds. The molecule has 0 fully saturated rings. The zero-order chi connectivity index (χ0) is 15.4. The Hall–Kier alpha value is -1.96. The maximum Gasteiger partial charge on any atom is 0.337 e. The third kappa shape index (κ3) is 3.57. The minimum absolute atomic E-state index is 0.0671.